The van der Waals surface area contributed by atoms with Crippen LogP contribution in [-0.2, 0) is 20.9 Å². The molecular formula is C11H11Cl3O3. The van der Waals surface area contributed by atoms with E-state index in [9.17, 15) is 4.79 Å². The molecule has 94 valence electrons. The molecule has 0 bridgehead atoms. The number of esters is 1. The van der Waals surface area contributed by atoms with Gasteiger partial charge < -0.3 is 9.47 Å². The molecule has 0 radical (unpaired) electrons. The van der Waals surface area contributed by atoms with E-state index in [0.717, 1.165) is 5.56 Å². The fourth-order valence-corrected chi connectivity index (χ4v) is 1.41. The number of ether oxygens (including phenoxy) is 2. The Morgan fingerprint density at radius 3 is 2.35 bits per heavy atom. The van der Waals surface area contributed by atoms with Crippen molar-refractivity contribution < 1.29 is 14.3 Å². The molecule has 0 aromatic heterocycles. The third kappa shape index (κ3) is 5.59. The Bertz CT molecular complexity index is 362. The first kappa shape index (κ1) is 14.6. The van der Waals surface area contributed by atoms with Gasteiger partial charge >= 0.3 is 5.97 Å². The Kier molecular flexibility index (Phi) is 5.53. The van der Waals surface area contributed by atoms with E-state index in [-0.39, 0.29) is 6.61 Å². The summed E-state index contributed by atoms with van der Waals surface area (Å²) < 4.78 is 8.23. The minimum atomic E-state index is -1.82. The van der Waals surface area contributed by atoms with E-state index in [0.29, 0.717) is 0 Å². The van der Waals surface area contributed by atoms with Crippen LogP contribution >= 0.6 is 34.8 Å². The molecule has 0 saturated carbocycles. The van der Waals surface area contributed by atoms with Crippen molar-refractivity contribution in [3.8, 4) is 0 Å². The highest BCUT2D eigenvalue weighted by Crippen LogP contribution is 2.33. The lowest BCUT2D eigenvalue weighted by Gasteiger charge is -2.23. The molecule has 0 saturated heterocycles. The third-order valence-corrected chi connectivity index (χ3v) is 2.32. The standard InChI is InChI=1S/C11H11Cl3O3/c1-8(15)17-10(11(12,13)14)16-7-9-5-3-2-4-6-9/h2-6,10H,7H2,1H3/t10-/m1/s1. The average Bonchev–Trinajstić information content (AvgIpc) is 2.23. The van der Waals surface area contributed by atoms with Crippen LogP contribution in [0.4, 0.5) is 0 Å². The van der Waals surface area contributed by atoms with Crippen LogP contribution in [0.15, 0.2) is 30.3 Å². The van der Waals surface area contributed by atoms with E-state index >= 15 is 0 Å². The van der Waals surface area contributed by atoms with Crippen molar-refractivity contribution >= 4 is 40.8 Å². The van der Waals surface area contributed by atoms with Gasteiger partial charge in [-0.1, -0.05) is 65.1 Å². The summed E-state index contributed by atoms with van der Waals surface area (Å²) in [4.78, 5) is 10.8. The first-order valence-corrected chi connectivity index (χ1v) is 5.92. The molecule has 1 aromatic carbocycles. The van der Waals surface area contributed by atoms with Gasteiger partial charge in [0.15, 0.2) is 0 Å². The van der Waals surface area contributed by atoms with Crippen LogP contribution in [0.5, 0.6) is 0 Å². The molecule has 1 aromatic rings. The average molecular weight is 298 g/mol. The fourth-order valence-electron chi connectivity index (χ4n) is 1.09. The highest BCUT2D eigenvalue weighted by molar-refractivity contribution is 6.68. The SMILES string of the molecule is CC(=O)O[C@@H](OCc1ccccc1)C(Cl)(Cl)Cl. The van der Waals surface area contributed by atoms with Gasteiger partial charge in [0.25, 0.3) is 10.1 Å². The first-order chi connectivity index (χ1) is 7.89. The van der Waals surface area contributed by atoms with E-state index in [1.165, 1.54) is 6.92 Å². The van der Waals surface area contributed by atoms with Crippen molar-refractivity contribution in [2.45, 2.75) is 23.6 Å². The maximum absolute atomic E-state index is 10.8. The lowest BCUT2D eigenvalue weighted by molar-refractivity contribution is -0.177. The number of carbonyl (C=O) groups is 1. The second-order valence-corrected chi connectivity index (χ2v) is 5.65. The Hall–Kier alpha value is -0.480. The van der Waals surface area contributed by atoms with E-state index < -0.39 is 16.1 Å². The number of carbonyl (C=O) groups excluding carboxylic acids is 1. The molecule has 0 aliphatic carbocycles. The van der Waals surface area contributed by atoms with Crippen molar-refractivity contribution in [2.75, 3.05) is 0 Å². The van der Waals surface area contributed by atoms with Gasteiger partial charge in [-0.2, -0.15) is 0 Å². The number of halogens is 3. The summed E-state index contributed by atoms with van der Waals surface area (Å²) in [6.07, 6.45) is -1.23. The van der Waals surface area contributed by atoms with E-state index in [2.05, 4.69) is 0 Å². The van der Waals surface area contributed by atoms with Gasteiger partial charge in [0.05, 0.1) is 6.61 Å². The molecule has 1 atom stereocenters. The summed E-state index contributed by atoms with van der Waals surface area (Å²) in [5.41, 5.74) is 0.888. The summed E-state index contributed by atoms with van der Waals surface area (Å²) in [5, 5.41) is 0. The fraction of sp³-hybridized carbons (Fsp3) is 0.364. The van der Waals surface area contributed by atoms with Crippen molar-refractivity contribution in [3.63, 3.8) is 0 Å². The lowest BCUT2D eigenvalue weighted by atomic mass is 10.2. The smallest absolute Gasteiger partial charge is 0.305 e. The Balaban J connectivity index is 2.59. The summed E-state index contributed by atoms with van der Waals surface area (Å²) in [7, 11) is 0. The normalized spacial score (nSPS) is 13.2. The molecule has 0 aliphatic rings. The number of alkyl halides is 3. The van der Waals surface area contributed by atoms with Crippen molar-refractivity contribution in [1.29, 1.82) is 0 Å². The molecule has 0 amide bonds. The van der Waals surface area contributed by atoms with E-state index in [1.807, 2.05) is 30.3 Å². The van der Waals surface area contributed by atoms with Gasteiger partial charge in [-0.3, -0.25) is 4.79 Å². The summed E-state index contributed by atoms with van der Waals surface area (Å²) in [6, 6.07) is 9.29. The topological polar surface area (TPSA) is 35.5 Å². The molecule has 0 aliphatic heterocycles. The van der Waals surface area contributed by atoms with Crippen LogP contribution in [-0.4, -0.2) is 16.1 Å². The molecule has 0 N–H and O–H groups in total. The van der Waals surface area contributed by atoms with Crippen LogP contribution in [0, 0.1) is 0 Å². The highest BCUT2D eigenvalue weighted by atomic mass is 35.6. The molecule has 3 nitrogen and oxygen atoms in total. The minimum absolute atomic E-state index is 0.187. The van der Waals surface area contributed by atoms with Gasteiger partial charge in [-0.25, -0.2) is 0 Å². The molecule has 17 heavy (non-hydrogen) atoms. The number of hydrogen-bond acceptors (Lipinski definition) is 3. The monoisotopic (exact) mass is 296 g/mol. The largest absolute Gasteiger partial charge is 0.431 e. The van der Waals surface area contributed by atoms with Crippen LogP contribution in [0.25, 0.3) is 0 Å². The van der Waals surface area contributed by atoms with Crippen LogP contribution in [0.3, 0.4) is 0 Å². The van der Waals surface area contributed by atoms with Gasteiger partial charge in [-0.05, 0) is 5.56 Å². The first-order valence-electron chi connectivity index (χ1n) is 4.79. The quantitative estimate of drug-likeness (QED) is 0.485. The summed E-state index contributed by atoms with van der Waals surface area (Å²) in [5.74, 6) is -0.575. The van der Waals surface area contributed by atoms with Gasteiger partial charge in [0, 0.05) is 6.92 Å². The van der Waals surface area contributed by atoms with Crippen LogP contribution < -0.4 is 0 Å². The Labute approximate surface area is 115 Å². The van der Waals surface area contributed by atoms with Crippen LogP contribution in [0.2, 0.25) is 0 Å². The second-order valence-electron chi connectivity index (χ2n) is 3.28. The predicted octanol–water partition coefficient (Wildman–Crippen LogP) is 3.46. The lowest BCUT2D eigenvalue weighted by Crippen LogP contribution is -2.33. The highest BCUT2D eigenvalue weighted by Gasteiger charge is 2.36. The zero-order valence-electron chi connectivity index (χ0n) is 9.03. The zero-order chi connectivity index (χ0) is 12.9. The van der Waals surface area contributed by atoms with E-state index in [4.69, 9.17) is 44.3 Å². The van der Waals surface area contributed by atoms with Crippen molar-refractivity contribution in [3.05, 3.63) is 35.9 Å². The Morgan fingerprint density at radius 1 is 1.29 bits per heavy atom. The number of rotatable bonds is 4. The molecular weight excluding hydrogens is 286 g/mol. The minimum Gasteiger partial charge on any atom is -0.431 e. The molecule has 6 heteroatoms. The molecule has 0 unspecified atom stereocenters. The molecule has 0 fully saturated rings. The number of hydrogen-bond donors (Lipinski definition) is 0. The summed E-state index contributed by atoms with van der Waals surface area (Å²) in [6.45, 7) is 1.40. The van der Waals surface area contributed by atoms with Crippen LogP contribution in [0.1, 0.15) is 12.5 Å². The maximum atomic E-state index is 10.8. The van der Waals surface area contributed by atoms with Gasteiger partial charge in [-0.15, -0.1) is 0 Å². The number of benzene rings is 1. The zero-order valence-corrected chi connectivity index (χ0v) is 11.3. The van der Waals surface area contributed by atoms with Crippen molar-refractivity contribution in [1.82, 2.24) is 0 Å². The molecule has 0 heterocycles. The third-order valence-electron chi connectivity index (χ3n) is 1.78. The molecule has 1 rings (SSSR count). The molecule has 0 spiro atoms. The van der Waals surface area contributed by atoms with Gasteiger partial charge in [0.2, 0.25) is 0 Å². The van der Waals surface area contributed by atoms with E-state index in [1.54, 1.807) is 0 Å². The Morgan fingerprint density at radius 2 is 1.88 bits per heavy atom. The van der Waals surface area contributed by atoms with Crippen molar-refractivity contribution in [2.24, 2.45) is 0 Å². The second kappa shape index (κ2) is 6.45. The summed E-state index contributed by atoms with van der Waals surface area (Å²) >= 11 is 16.9. The van der Waals surface area contributed by atoms with Gasteiger partial charge in [0.1, 0.15) is 0 Å². The maximum Gasteiger partial charge on any atom is 0.305 e. The predicted molar refractivity (Wildman–Crippen MR) is 67.1 cm³/mol.